The number of nitrogens with one attached hydrogen (secondary N) is 3. The molecule has 5 rings (SSSR count). The number of carbonyl (C=O) groups is 2. The van der Waals surface area contributed by atoms with Gasteiger partial charge in [0.25, 0.3) is 11.8 Å². The number of nitrogens with zero attached hydrogens (tertiary/aromatic N) is 1. The van der Waals surface area contributed by atoms with Crippen molar-refractivity contribution in [3.8, 4) is 11.1 Å². The Morgan fingerprint density at radius 3 is 2.60 bits per heavy atom. The van der Waals surface area contributed by atoms with Crippen LogP contribution in [0.5, 0.6) is 0 Å². The fourth-order valence-corrected chi connectivity index (χ4v) is 5.12. The molecule has 180 valence electrons. The van der Waals surface area contributed by atoms with E-state index in [9.17, 15) is 14.0 Å². The SMILES string of the molecule is Cc1[nH]c(C=C2C(=O)Nc3cccc(-c4ccccc4F)c32)c(C)c1C(=O)NCCN1CCCC1. The van der Waals surface area contributed by atoms with Gasteiger partial charge in [-0.15, -0.1) is 0 Å². The molecule has 3 aromatic rings. The van der Waals surface area contributed by atoms with Crippen LogP contribution in [-0.4, -0.2) is 47.9 Å². The number of aryl methyl sites for hydroxylation is 1. The first-order valence-corrected chi connectivity index (χ1v) is 12.0. The van der Waals surface area contributed by atoms with E-state index in [1.807, 2.05) is 26.0 Å². The predicted molar refractivity (Wildman–Crippen MR) is 137 cm³/mol. The van der Waals surface area contributed by atoms with Crippen LogP contribution in [0.15, 0.2) is 42.5 Å². The summed E-state index contributed by atoms with van der Waals surface area (Å²) in [6.07, 6.45) is 4.20. The summed E-state index contributed by atoms with van der Waals surface area (Å²) < 4.78 is 14.6. The third-order valence-electron chi connectivity index (χ3n) is 6.89. The maximum atomic E-state index is 14.6. The second-order valence-electron chi connectivity index (χ2n) is 9.19. The number of hydrogen-bond donors (Lipinski definition) is 3. The first kappa shape index (κ1) is 23.1. The number of halogens is 1. The summed E-state index contributed by atoms with van der Waals surface area (Å²) in [7, 11) is 0. The molecule has 2 aliphatic heterocycles. The third-order valence-corrected chi connectivity index (χ3v) is 6.89. The van der Waals surface area contributed by atoms with Crippen molar-refractivity contribution in [3.05, 3.63) is 76.4 Å². The Hall–Kier alpha value is -3.71. The van der Waals surface area contributed by atoms with Gasteiger partial charge in [0.2, 0.25) is 0 Å². The second kappa shape index (κ2) is 9.50. The maximum Gasteiger partial charge on any atom is 0.256 e. The van der Waals surface area contributed by atoms with Crippen molar-refractivity contribution in [1.29, 1.82) is 0 Å². The van der Waals surface area contributed by atoms with Crippen molar-refractivity contribution in [1.82, 2.24) is 15.2 Å². The highest BCUT2D eigenvalue weighted by Gasteiger charge is 2.29. The standard InChI is InChI=1S/C28H29FN4O2/c1-17-24(31-18(2)25(17)28(35)30-12-15-33-13-5-6-14-33)16-21-26-20(19-8-3-4-10-22(19)29)9-7-11-23(26)32-27(21)34/h3-4,7-11,16,31H,5-6,12-15H2,1-2H3,(H,30,35)(H,32,34). The zero-order valence-corrected chi connectivity index (χ0v) is 20.0. The maximum absolute atomic E-state index is 14.6. The zero-order valence-electron chi connectivity index (χ0n) is 20.0. The molecule has 0 atom stereocenters. The van der Waals surface area contributed by atoms with E-state index in [0.29, 0.717) is 45.8 Å². The molecule has 0 spiro atoms. The van der Waals surface area contributed by atoms with E-state index >= 15 is 0 Å². The summed E-state index contributed by atoms with van der Waals surface area (Å²) in [6.45, 7) is 7.37. The highest BCUT2D eigenvalue weighted by atomic mass is 19.1. The Morgan fingerprint density at radius 2 is 1.83 bits per heavy atom. The molecule has 2 aromatic carbocycles. The lowest BCUT2D eigenvalue weighted by Gasteiger charge is -2.14. The molecule has 0 aliphatic carbocycles. The number of likely N-dealkylation sites (tertiary alicyclic amines) is 1. The van der Waals surface area contributed by atoms with Crippen LogP contribution < -0.4 is 10.6 Å². The number of aromatic nitrogens is 1. The largest absolute Gasteiger partial charge is 0.358 e. The van der Waals surface area contributed by atoms with Crippen LogP contribution in [0.3, 0.4) is 0 Å². The minimum Gasteiger partial charge on any atom is -0.358 e. The number of H-pyrrole nitrogens is 1. The fourth-order valence-electron chi connectivity index (χ4n) is 5.12. The van der Waals surface area contributed by atoms with Gasteiger partial charge in [0, 0.05) is 41.3 Å². The molecule has 0 bridgehead atoms. The van der Waals surface area contributed by atoms with Crippen molar-refractivity contribution in [2.24, 2.45) is 0 Å². The summed E-state index contributed by atoms with van der Waals surface area (Å²) in [4.78, 5) is 31.5. The molecular weight excluding hydrogens is 443 g/mol. The van der Waals surface area contributed by atoms with Crippen LogP contribution in [0.2, 0.25) is 0 Å². The number of amides is 2. The van der Waals surface area contributed by atoms with Crippen molar-refractivity contribution >= 4 is 29.2 Å². The van der Waals surface area contributed by atoms with Crippen LogP contribution in [0.1, 0.15) is 45.7 Å². The van der Waals surface area contributed by atoms with Crippen LogP contribution in [0, 0.1) is 19.7 Å². The lowest BCUT2D eigenvalue weighted by Crippen LogP contribution is -2.33. The lowest BCUT2D eigenvalue weighted by molar-refractivity contribution is -0.110. The van der Waals surface area contributed by atoms with E-state index in [1.54, 1.807) is 30.3 Å². The number of benzene rings is 2. The lowest BCUT2D eigenvalue weighted by atomic mass is 9.94. The van der Waals surface area contributed by atoms with Gasteiger partial charge in [-0.2, -0.15) is 0 Å². The van der Waals surface area contributed by atoms with Gasteiger partial charge in [-0.3, -0.25) is 9.59 Å². The van der Waals surface area contributed by atoms with E-state index in [0.717, 1.165) is 30.9 Å². The van der Waals surface area contributed by atoms with Gasteiger partial charge in [-0.1, -0.05) is 30.3 Å². The minimum atomic E-state index is -0.348. The van der Waals surface area contributed by atoms with Crippen molar-refractivity contribution in [3.63, 3.8) is 0 Å². The van der Waals surface area contributed by atoms with Gasteiger partial charge in [0.05, 0.1) is 11.1 Å². The average Bonchev–Trinajstić information content (AvgIpc) is 3.53. The average molecular weight is 473 g/mol. The molecule has 1 fully saturated rings. The van der Waals surface area contributed by atoms with Crippen molar-refractivity contribution in [2.45, 2.75) is 26.7 Å². The Kier molecular flexibility index (Phi) is 6.26. The van der Waals surface area contributed by atoms with Crippen LogP contribution in [0.25, 0.3) is 22.8 Å². The quantitative estimate of drug-likeness (QED) is 0.453. The van der Waals surface area contributed by atoms with Gasteiger partial charge in [0.1, 0.15) is 5.82 Å². The molecule has 2 aliphatic rings. The van der Waals surface area contributed by atoms with E-state index < -0.39 is 0 Å². The molecule has 35 heavy (non-hydrogen) atoms. The first-order chi connectivity index (χ1) is 16.9. The number of hydrogen-bond acceptors (Lipinski definition) is 3. The Morgan fingerprint density at radius 1 is 1.09 bits per heavy atom. The number of rotatable bonds is 6. The number of aromatic amines is 1. The molecule has 7 heteroatoms. The molecule has 2 amide bonds. The topological polar surface area (TPSA) is 77.2 Å². The molecule has 1 saturated heterocycles. The predicted octanol–water partition coefficient (Wildman–Crippen LogP) is 4.76. The van der Waals surface area contributed by atoms with Gasteiger partial charge in [0.15, 0.2) is 0 Å². The summed E-state index contributed by atoms with van der Waals surface area (Å²) >= 11 is 0. The zero-order chi connectivity index (χ0) is 24.5. The summed E-state index contributed by atoms with van der Waals surface area (Å²) in [5, 5.41) is 5.92. The van der Waals surface area contributed by atoms with Crippen LogP contribution in [0.4, 0.5) is 10.1 Å². The van der Waals surface area contributed by atoms with Gasteiger partial charge in [-0.25, -0.2) is 4.39 Å². The monoisotopic (exact) mass is 472 g/mol. The molecular formula is C28H29FN4O2. The Labute approximate surface area is 204 Å². The molecule has 0 unspecified atom stereocenters. The van der Waals surface area contributed by atoms with E-state index in [4.69, 9.17) is 0 Å². The van der Waals surface area contributed by atoms with Gasteiger partial charge in [-0.05, 0) is 69.1 Å². The van der Waals surface area contributed by atoms with Crippen molar-refractivity contribution in [2.75, 3.05) is 31.5 Å². The Balaban J connectivity index is 1.46. The molecule has 3 N–H and O–H groups in total. The number of fused-ring (bicyclic) bond motifs is 1. The van der Waals surface area contributed by atoms with E-state index in [-0.39, 0.29) is 17.6 Å². The summed E-state index contributed by atoms with van der Waals surface area (Å²) in [5.74, 6) is -0.727. The molecule has 0 saturated carbocycles. The normalized spacial score (nSPS) is 16.5. The summed E-state index contributed by atoms with van der Waals surface area (Å²) in [6, 6.07) is 12.0. The fraction of sp³-hybridized carbons (Fsp3) is 0.286. The van der Waals surface area contributed by atoms with E-state index in [1.165, 1.54) is 18.9 Å². The van der Waals surface area contributed by atoms with Crippen LogP contribution in [-0.2, 0) is 4.79 Å². The molecule has 0 radical (unpaired) electrons. The number of carbonyl (C=O) groups excluding carboxylic acids is 2. The van der Waals surface area contributed by atoms with E-state index in [2.05, 4.69) is 20.5 Å². The molecule has 3 heterocycles. The third kappa shape index (κ3) is 4.39. The minimum absolute atomic E-state index is 0.122. The number of anilines is 1. The van der Waals surface area contributed by atoms with Crippen molar-refractivity contribution < 1.29 is 14.0 Å². The highest BCUT2D eigenvalue weighted by molar-refractivity contribution is 6.36. The van der Waals surface area contributed by atoms with Crippen LogP contribution >= 0.6 is 0 Å². The molecule has 1 aromatic heterocycles. The molecule has 6 nitrogen and oxygen atoms in total. The Bertz CT molecular complexity index is 1330. The highest BCUT2D eigenvalue weighted by Crippen LogP contribution is 2.41. The first-order valence-electron chi connectivity index (χ1n) is 12.0. The van der Waals surface area contributed by atoms with Gasteiger partial charge >= 0.3 is 0 Å². The van der Waals surface area contributed by atoms with Gasteiger partial charge < -0.3 is 20.5 Å². The second-order valence-corrected chi connectivity index (χ2v) is 9.19. The summed E-state index contributed by atoms with van der Waals surface area (Å²) in [5.41, 5.74) is 5.62. The smallest absolute Gasteiger partial charge is 0.256 e.